The predicted molar refractivity (Wildman–Crippen MR) is 54.5 cm³/mol. The van der Waals surface area contributed by atoms with E-state index in [4.69, 9.17) is 0 Å². The highest BCUT2D eigenvalue weighted by Crippen LogP contribution is 2.24. The molecule has 1 saturated carbocycles. The van der Waals surface area contributed by atoms with Gasteiger partial charge < -0.3 is 0 Å². The highest BCUT2D eigenvalue weighted by molar-refractivity contribution is 5.99. The van der Waals surface area contributed by atoms with Gasteiger partial charge in [0.25, 0.3) is 0 Å². The van der Waals surface area contributed by atoms with E-state index in [2.05, 4.69) is 5.32 Å². The van der Waals surface area contributed by atoms with Crippen LogP contribution in [0.15, 0.2) is 12.2 Å². The number of allylic oxidation sites excluding steroid dienone is 1. The minimum absolute atomic E-state index is 0.303. The van der Waals surface area contributed by atoms with Crippen molar-refractivity contribution in [1.29, 1.82) is 0 Å². The van der Waals surface area contributed by atoms with Gasteiger partial charge in [-0.2, -0.15) is 0 Å². The summed E-state index contributed by atoms with van der Waals surface area (Å²) in [5, 5.41) is 2.22. The Hall–Kier alpha value is -1.12. The van der Waals surface area contributed by atoms with Crippen LogP contribution in [0.5, 0.6) is 0 Å². The van der Waals surface area contributed by atoms with Crippen LogP contribution in [0.1, 0.15) is 39.0 Å². The Bertz CT molecular complexity index is 240. The fourth-order valence-corrected chi connectivity index (χ4v) is 1.77. The Balaban J connectivity index is 2.30. The zero-order chi connectivity index (χ0) is 10.4. The summed E-state index contributed by atoms with van der Waals surface area (Å²) in [5.41, 5.74) is 0. The van der Waals surface area contributed by atoms with Crippen LogP contribution < -0.4 is 5.32 Å². The van der Waals surface area contributed by atoms with E-state index in [1.165, 1.54) is 45.1 Å². The first-order valence-electron chi connectivity index (χ1n) is 5.18. The lowest BCUT2D eigenvalue weighted by Gasteiger charge is -2.17. The minimum Gasteiger partial charge on any atom is -0.293 e. The van der Waals surface area contributed by atoms with Crippen LogP contribution in [0.4, 0.5) is 0 Å². The van der Waals surface area contributed by atoms with E-state index < -0.39 is 0 Å². The Labute approximate surface area is 84.6 Å². The molecule has 0 saturated heterocycles. The summed E-state index contributed by atoms with van der Waals surface area (Å²) >= 11 is 0. The van der Waals surface area contributed by atoms with E-state index >= 15 is 0 Å². The molecule has 0 aromatic carbocycles. The van der Waals surface area contributed by atoms with Gasteiger partial charge in [0, 0.05) is 6.92 Å². The number of carbonyl (C=O) groups excluding carboxylic acids is 2. The van der Waals surface area contributed by atoms with Crippen molar-refractivity contribution in [2.24, 2.45) is 5.92 Å². The lowest BCUT2D eigenvalue weighted by Crippen LogP contribution is -2.26. The van der Waals surface area contributed by atoms with Crippen LogP contribution in [0.25, 0.3) is 0 Å². The van der Waals surface area contributed by atoms with Crippen LogP contribution >= 0.6 is 0 Å². The number of hydrogen-bond acceptors (Lipinski definition) is 2. The number of imide groups is 1. The molecule has 0 atom stereocenters. The third-order valence-electron chi connectivity index (χ3n) is 2.47. The number of hydrogen-bond donors (Lipinski definition) is 1. The maximum Gasteiger partial charge on any atom is 0.250 e. The average Bonchev–Trinajstić information content (AvgIpc) is 2.15. The molecular formula is C11H17NO2. The van der Waals surface area contributed by atoms with Crippen molar-refractivity contribution in [2.45, 2.75) is 39.0 Å². The molecule has 1 aliphatic rings. The first-order valence-corrected chi connectivity index (χ1v) is 5.18. The van der Waals surface area contributed by atoms with Crippen molar-refractivity contribution in [3.8, 4) is 0 Å². The van der Waals surface area contributed by atoms with Crippen molar-refractivity contribution in [2.75, 3.05) is 0 Å². The van der Waals surface area contributed by atoms with Gasteiger partial charge >= 0.3 is 0 Å². The monoisotopic (exact) mass is 195 g/mol. The molecule has 1 aliphatic carbocycles. The molecule has 0 spiro atoms. The SMILES string of the molecule is CC(=O)NC(=O)/C=C/C1CCCCC1. The normalized spacial score (nSPS) is 18.4. The molecule has 2 amide bonds. The van der Waals surface area contributed by atoms with Crippen molar-refractivity contribution in [3.63, 3.8) is 0 Å². The second kappa shape index (κ2) is 5.58. The summed E-state index contributed by atoms with van der Waals surface area (Å²) < 4.78 is 0. The van der Waals surface area contributed by atoms with Crippen LogP contribution in [0, 0.1) is 5.92 Å². The minimum atomic E-state index is -0.303. The van der Waals surface area contributed by atoms with Gasteiger partial charge in [-0.25, -0.2) is 0 Å². The van der Waals surface area contributed by atoms with Crippen LogP contribution in [0.2, 0.25) is 0 Å². The molecule has 0 aliphatic heterocycles. The molecule has 0 heterocycles. The third kappa shape index (κ3) is 4.21. The standard InChI is InChI=1S/C11H17NO2/c1-9(13)12-11(14)8-7-10-5-3-2-4-6-10/h7-8,10H,2-6H2,1H3,(H,12,13,14)/b8-7+. The Morgan fingerprint density at radius 1 is 1.21 bits per heavy atom. The Kier molecular flexibility index (Phi) is 4.36. The average molecular weight is 195 g/mol. The molecule has 3 heteroatoms. The lowest BCUT2D eigenvalue weighted by atomic mass is 9.89. The number of nitrogens with one attached hydrogen (secondary N) is 1. The first-order chi connectivity index (χ1) is 6.68. The zero-order valence-corrected chi connectivity index (χ0v) is 8.58. The molecular weight excluding hydrogens is 178 g/mol. The summed E-state index contributed by atoms with van der Waals surface area (Å²) in [7, 11) is 0. The molecule has 0 radical (unpaired) electrons. The summed E-state index contributed by atoms with van der Waals surface area (Å²) in [4.78, 5) is 21.6. The molecule has 0 aromatic heterocycles. The topological polar surface area (TPSA) is 46.2 Å². The summed E-state index contributed by atoms with van der Waals surface area (Å²) in [5.74, 6) is -0.0761. The lowest BCUT2D eigenvalue weighted by molar-refractivity contribution is -0.126. The summed E-state index contributed by atoms with van der Waals surface area (Å²) in [6.07, 6.45) is 9.57. The van der Waals surface area contributed by atoms with E-state index in [1.54, 1.807) is 0 Å². The van der Waals surface area contributed by atoms with Crippen molar-refractivity contribution < 1.29 is 9.59 Å². The summed E-state index contributed by atoms with van der Waals surface area (Å²) in [6.45, 7) is 1.34. The molecule has 78 valence electrons. The van der Waals surface area contributed by atoms with Crippen LogP contribution in [0.3, 0.4) is 0 Å². The molecule has 1 rings (SSSR count). The Morgan fingerprint density at radius 2 is 1.86 bits per heavy atom. The highest BCUT2D eigenvalue weighted by Gasteiger charge is 2.10. The highest BCUT2D eigenvalue weighted by atomic mass is 16.2. The van der Waals surface area contributed by atoms with E-state index in [-0.39, 0.29) is 11.8 Å². The van der Waals surface area contributed by atoms with E-state index in [0.717, 1.165) is 0 Å². The van der Waals surface area contributed by atoms with E-state index in [9.17, 15) is 9.59 Å². The Morgan fingerprint density at radius 3 is 2.43 bits per heavy atom. The van der Waals surface area contributed by atoms with E-state index in [0.29, 0.717) is 5.92 Å². The van der Waals surface area contributed by atoms with Gasteiger partial charge in [0.2, 0.25) is 11.8 Å². The summed E-state index contributed by atoms with van der Waals surface area (Å²) in [6, 6.07) is 0. The van der Waals surface area contributed by atoms with Crippen LogP contribution in [-0.2, 0) is 9.59 Å². The van der Waals surface area contributed by atoms with Crippen molar-refractivity contribution in [3.05, 3.63) is 12.2 Å². The number of rotatable bonds is 2. The van der Waals surface area contributed by atoms with Gasteiger partial charge in [0.15, 0.2) is 0 Å². The maximum atomic E-state index is 11.1. The van der Waals surface area contributed by atoms with Crippen LogP contribution in [-0.4, -0.2) is 11.8 Å². The first kappa shape index (κ1) is 11.0. The van der Waals surface area contributed by atoms with Gasteiger partial charge in [0.05, 0.1) is 0 Å². The zero-order valence-electron chi connectivity index (χ0n) is 8.58. The molecule has 14 heavy (non-hydrogen) atoms. The molecule has 1 N–H and O–H groups in total. The molecule has 0 aromatic rings. The van der Waals surface area contributed by atoms with Gasteiger partial charge in [0.1, 0.15) is 0 Å². The molecule has 1 fully saturated rings. The maximum absolute atomic E-state index is 11.1. The molecule has 0 bridgehead atoms. The van der Waals surface area contributed by atoms with Gasteiger partial charge in [-0.05, 0) is 24.8 Å². The quantitative estimate of drug-likeness (QED) is 0.683. The van der Waals surface area contributed by atoms with Crippen molar-refractivity contribution >= 4 is 11.8 Å². The van der Waals surface area contributed by atoms with Crippen molar-refractivity contribution in [1.82, 2.24) is 5.32 Å². The molecule has 0 unspecified atom stereocenters. The second-order valence-corrected chi connectivity index (χ2v) is 3.80. The number of amides is 2. The van der Waals surface area contributed by atoms with E-state index in [1.807, 2.05) is 6.08 Å². The number of carbonyl (C=O) groups is 2. The van der Waals surface area contributed by atoms with Gasteiger partial charge in [-0.1, -0.05) is 25.3 Å². The second-order valence-electron chi connectivity index (χ2n) is 3.80. The third-order valence-corrected chi connectivity index (χ3v) is 2.47. The largest absolute Gasteiger partial charge is 0.293 e. The fourth-order valence-electron chi connectivity index (χ4n) is 1.77. The molecule has 3 nitrogen and oxygen atoms in total. The predicted octanol–water partition coefficient (Wildman–Crippen LogP) is 1.79. The smallest absolute Gasteiger partial charge is 0.250 e. The fraction of sp³-hybridized carbons (Fsp3) is 0.636. The van der Waals surface area contributed by atoms with Gasteiger partial charge in [-0.15, -0.1) is 0 Å². The van der Waals surface area contributed by atoms with Gasteiger partial charge in [-0.3, -0.25) is 14.9 Å².